The van der Waals surface area contributed by atoms with Crippen LogP contribution in [0.15, 0.2) is 48.7 Å². The van der Waals surface area contributed by atoms with Gasteiger partial charge in [-0.3, -0.25) is 4.40 Å². The molecule has 0 amide bonds. The Morgan fingerprint density at radius 2 is 2.05 bits per heavy atom. The third-order valence-corrected chi connectivity index (χ3v) is 3.80. The Morgan fingerprint density at radius 1 is 1.19 bits per heavy atom. The number of halogens is 1. The topological polar surface area (TPSA) is 29.8 Å². The first-order valence-corrected chi connectivity index (χ1v) is 7.78. The zero-order valence-electron chi connectivity index (χ0n) is 12.0. The maximum absolute atomic E-state index is 5.99. The molecule has 0 bridgehead atoms. The van der Waals surface area contributed by atoms with Crippen LogP contribution in [0.5, 0.6) is 11.6 Å². The number of pyridine rings is 1. The molecule has 0 aliphatic carbocycles. The smallest absolute Gasteiger partial charge is 0.242 e. The molecule has 0 N–H and O–H groups in total. The van der Waals surface area contributed by atoms with Crippen LogP contribution in [-0.2, 0) is 5.33 Å². The predicted octanol–water partition coefficient (Wildman–Crippen LogP) is 4.09. The van der Waals surface area contributed by atoms with Gasteiger partial charge in [0, 0.05) is 37.4 Å². The van der Waals surface area contributed by atoms with Gasteiger partial charge in [0.05, 0.1) is 5.69 Å². The van der Waals surface area contributed by atoms with E-state index in [4.69, 9.17) is 4.74 Å². The van der Waals surface area contributed by atoms with E-state index in [0.29, 0.717) is 11.2 Å². The lowest BCUT2D eigenvalue weighted by Gasteiger charge is -2.13. The number of alkyl halides is 1. The molecule has 0 aliphatic heterocycles. The SMILES string of the molecule is CN(C)c1cccc(Oc2nc3ccccn3c2CBr)c1. The summed E-state index contributed by atoms with van der Waals surface area (Å²) in [7, 11) is 4.02. The van der Waals surface area contributed by atoms with Gasteiger partial charge in [-0.1, -0.05) is 28.1 Å². The molecule has 1 aromatic carbocycles. The number of imidazole rings is 1. The summed E-state index contributed by atoms with van der Waals surface area (Å²) in [5.74, 6) is 1.42. The van der Waals surface area contributed by atoms with Gasteiger partial charge in [0.25, 0.3) is 0 Å². The number of hydrogen-bond acceptors (Lipinski definition) is 3. The minimum absolute atomic E-state index is 0.633. The van der Waals surface area contributed by atoms with Crippen molar-refractivity contribution in [1.29, 1.82) is 0 Å². The number of hydrogen-bond donors (Lipinski definition) is 0. The zero-order chi connectivity index (χ0) is 14.8. The van der Waals surface area contributed by atoms with E-state index in [-0.39, 0.29) is 0 Å². The van der Waals surface area contributed by atoms with Crippen molar-refractivity contribution in [3.8, 4) is 11.6 Å². The molecule has 5 heteroatoms. The van der Waals surface area contributed by atoms with Crippen molar-refractivity contribution in [2.24, 2.45) is 0 Å². The number of benzene rings is 1. The van der Waals surface area contributed by atoms with Gasteiger partial charge >= 0.3 is 0 Å². The van der Waals surface area contributed by atoms with Gasteiger partial charge < -0.3 is 9.64 Å². The number of aromatic nitrogens is 2. The van der Waals surface area contributed by atoms with Crippen LogP contribution in [0.2, 0.25) is 0 Å². The molecule has 0 saturated heterocycles. The first kappa shape index (κ1) is 13.9. The van der Waals surface area contributed by atoms with E-state index < -0.39 is 0 Å². The highest BCUT2D eigenvalue weighted by Gasteiger charge is 2.13. The molecule has 0 saturated carbocycles. The number of fused-ring (bicyclic) bond motifs is 1. The number of ether oxygens (including phenoxy) is 1. The van der Waals surface area contributed by atoms with E-state index in [1.807, 2.05) is 72.1 Å². The van der Waals surface area contributed by atoms with E-state index in [2.05, 4.69) is 20.9 Å². The molecule has 108 valence electrons. The Kier molecular flexibility index (Phi) is 3.84. The van der Waals surface area contributed by atoms with Crippen molar-refractivity contribution < 1.29 is 4.74 Å². The molecule has 0 aliphatic rings. The molecule has 0 unspecified atom stereocenters. The molecule has 3 aromatic rings. The van der Waals surface area contributed by atoms with Crippen molar-refractivity contribution in [3.63, 3.8) is 0 Å². The summed E-state index contributed by atoms with van der Waals surface area (Å²) < 4.78 is 8.02. The normalized spacial score (nSPS) is 10.8. The van der Waals surface area contributed by atoms with Gasteiger partial charge in [0.2, 0.25) is 5.88 Å². The Labute approximate surface area is 132 Å². The standard InChI is InChI=1S/C16H16BrN3O/c1-19(2)12-6-5-7-13(10-12)21-16-14(11-17)20-9-4-3-8-15(20)18-16/h3-10H,11H2,1-2H3. The summed E-state index contributed by atoms with van der Waals surface area (Å²) in [4.78, 5) is 6.59. The lowest BCUT2D eigenvalue weighted by Crippen LogP contribution is -2.08. The maximum Gasteiger partial charge on any atom is 0.242 e. The Hall–Kier alpha value is -2.01. The summed E-state index contributed by atoms with van der Waals surface area (Å²) in [5.41, 5.74) is 2.98. The van der Waals surface area contributed by atoms with Gasteiger partial charge in [-0.15, -0.1) is 0 Å². The Bertz CT molecular complexity index is 767. The Balaban J connectivity index is 2.00. The predicted molar refractivity (Wildman–Crippen MR) is 88.7 cm³/mol. The van der Waals surface area contributed by atoms with E-state index >= 15 is 0 Å². The van der Waals surface area contributed by atoms with Gasteiger partial charge in [-0.25, -0.2) is 0 Å². The maximum atomic E-state index is 5.99. The van der Waals surface area contributed by atoms with Gasteiger partial charge in [0.15, 0.2) is 0 Å². The molecule has 0 fully saturated rings. The van der Waals surface area contributed by atoms with Crippen molar-refractivity contribution >= 4 is 27.3 Å². The van der Waals surface area contributed by atoms with Crippen LogP contribution < -0.4 is 9.64 Å². The third-order valence-electron chi connectivity index (χ3n) is 3.27. The molecular weight excluding hydrogens is 330 g/mol. The largest absolute Gasteiger partial charge is 0.437 e. The van der Waals surface area contributed by atoms with Crippen LogP contribution in [0, 0.1) is 0 Å². The molecular formula is C16H16BrN3O. The second-order valence-electron chi connectivity index (χ2n) is 4.92. The molecule has 21 heavy (non-hydrogen) atoms. The van der Waals surface area contributed by atoms with E-state index in [0.717, 1.165) is 22.8 Å². The van der Waals surface area contributed by atoms with Gasteiger partial charge in [-0.05, 0) is 24.3 Å². The third kappa shape index (κ3) is 2.74. The monoisotopic (exact) mass is 345 g/mol. The van der Waals surface area contributed by atoms with Crippen LogP contribution in [-0.4, -0.2) is 23.5 Å². The molecule has 0 atom stereocenters. The average molecular weight is 346 g/mol. The van der Waals surface area contributed by atoms with Crippen LogP contribution >= 0.6 is 15.9 Å². The van der Waals surface area contributed by atoms with Gasteiger partial charge in [-0.2, -0.15) is 4.98 Å². The van der Waals surface area contributed by atoms with Crippen LogP contribution in [0.3, 0.4) is 0 Å². The van der Waals surface area contributed by atoms with Crippen LogP contribution in [0.25, 0.3) is 5.65 Å². The molecule has 2 aromatic heterocycles. The number of nitrogens with zero attached hydrogens (tertiary/aromatic N) is 3. The fourth-order valence-electron chi connectivity index (χ4n) is 2.17. The number of rotatable bonds is 4. The quantitative estimate of drug-likeness (QED) is 0.667. The second kappa shape index (κ2) is 5.77. The first-order chi connectivity index (χ1) is 10.2. The van der Waals surface area contributed by atoms with Crippen LogP contribution in [0.1, 0.15) is 5.69 Å². The minimum Gasteiger partial charge on any atom is -0.437 e. The highest BCUT2D eigenvalue weighted by atomic mass is 79.9. The average Bonchev–Trinajstić information content (AvgIpc) is 2.84. The van der Waals surface area contributed by atoms with Gasteiger partial charge in [0.1, 0.15) is 11.4 Å². The second-order valence-corrected chi connectivity index (χ2v) is 5.48. The summed E-state index contributed by atoms with van der Waals surface area (Å²) in [6.07, 6.45) is 1.99. The van der Waals surface area contributed by atoms with E-state index in [1.165, 1.54) is 0 Å². The molecule has 0 radical (unpaired) electrons. The van der Waals surface area contributed by atoms with E-state index in [1.54, 1.807) is 0 Å². The highest BCUT2D eigenvalue weighted by molar-refractivity contribution is 9.08. The molecule has 4 nitrogen and oxygen atoms in total. The van der Waals surface area contributed by atoms with Crippen molar-refractivity contribution in [2.45, 2.75) is 5.33 Å². The van der Waals surface area contributed by atoms with Crippen molar-refractivity contribution in [1.82, 2.24) is 9.38 Å². The first-order valence-electron chi connectivity index (χ1n) is 6.66. The molecule has 3 rings (SSSR count). The van der Waals surface area contributed by atoms with Crippen LogP contribution in [0.4, 0.5) is 5.69 Å². The lowest BCUT2D eigenvalue weighted by atomic mass is 10.3. The Morgan fingerprint density at radius 3 is 2.81 bits per heavy atom. The van der Waals surface area contributed by atoms with E-state index in [9.17, 15) is 0 Å². The van der Waals surface area contributed by atoms with Crippen molar-refractivity contribution in [3.05, 3.63) is 54.4 Å². The summed E-state index contributed by atoms with van der Waals surface area (Å²) in [6.45, 7) is 0. The minimum atomic E-state index is 0.633. The highest BCUT2D eigenvalue weighted by Crippen LogP contribution is 2.29. The lowest BCUT2D eigenvalue weighted by molar-refractivity contribution is 0.462. The van der Waals surface area contributed by atoms with Crippen molar-refractivity contribution in [2.75, 3.05) is 19.0 Å². The summed E-state index contributed by atoms with van der Waals surface area (Å²) >= 11 is 3.51. The number of anilines is 1. The fourth-order valence-corrected chi connectivity index (χ4v) is 2.68. The summed E-state index contributed by atoms with van der Waals surface area (Å²) in [5, 5.41) is 0.681. The molecule has 0 spiro atoms. The molecule has 2 heterocycles. The fraction of sp³-hybridized carbons (Fsp3) is 0.188. The zero-order valence-corrected chi connectivity index (χ0v) is 13.5. The summed E-state index contributed by atoms with van der Waals surface area (Å²) in [6, 6.07) is 13.9.